The van der Waals surface area contributed by atoms with Gasteiger partial charge >= 0.3 is 0 Å². The van der Waals surface area contributed by atoms with Gasteiger partial charge in [0.15, 0.2) is 0 Å². The van der Waals surface area contributed by atoms with Crippen LogP contribution in [0.2, 0.25) is 0 Å². The van der Waals surface area contributed by atoms with Crippen molar-refractivity contribution in [3.05, 3.63) is 29.8 Å². The second-order valence-electron chi connectivity index (χ2n) is 5.54. The molecule has 0 saturated heterocycles. The molecule has 1 N–H and O–H groups in total. The van der Waals surface area contributed by atoms with Crippen molar-refractivity contribution in [1.29, 1.82) is 0 Å². The first kappa shape index (κ1) is 13.4. The lowest BCUT2D eigenvalue weighted by Gasteiger charge is -2.19. The number of nitrogens with zero attached hydrogens (tertiary/aromatic N) is 1. The van der Waals surface area contributed by atoms with Gasteiger partial charge in [-0.1, -0.05) is 38.5 Å². The van der Waals surface area contributed by atoms with Crippen LogP contribution >= 0.6 is 0 Å². The van der Waals surface area contributed by atoms with E-state index in [1.165, 1.54) is 50.0 Å². The van der Waals surface area contributed by atoms with Crippen LogP contribution in [0, 0.1) is 0 Å². The minimum atomic E-state index is 0.621. The highest BCUT2D eigenvalue weighted by atomic mass is 15.1. The van der Waals surface area contributed by atoms with E-state index in [0.29, 0.717) is 6.04 Å². The molecule has 0 amide bonds. The van der Waals surface area contributed by atoms with Crippen molar-refractivity contribution in [3.63, 3.8) is 0 Å². The van der Waals surface area contributed by atoms with Gasteiger partial charge < -0.3 is 10.2 Å². The average Bonchev–Trinajstić information content (AvgIpc) is 2.77. The summed E-state index contributed by atoms with van der Waals surface area (Å²) in [6.07, 6.45) is 5.17. The summed E-state index contributed by atoms with van der Waals surface area (Å²) in [6, 6.07) is 9.46. The van der Waals surface area contributed by atoms with Crippen molar-refractivity contribution in [2.24, 2.45) is 0 Å². The number of nitrogens with one attached hydrogen (secondary N) is 1. The van der Waals surface area contributed by atoms with Crippen LogP contribution < -0.4 is 10.2 Å². The maximum absolute atomic E-state index is 3.48. The fraction of sp³-hybridized carbons (Fsp3) is 0.625. The molecule has 0 atom stereocenters. The largest absolute Gasteiger partial charge is 0.371 e. The summed E-state index contributed by atoms with van der Waals surface area (Å²) in [7, 11) is 0. The smallest absolute Gasteiger partial charge is 0.0399 e. The topological polar surface area (TPSA) is 15.3 Å². The summed E-state index contributed by atoms with van der Waals surface area (Å²) < 4.78 is 0. The minimum absolute atomic E-state index is 0.621. The van der Waals surface area contributed by atoms with Crippen LogP contribution in [-0.4, -0.2) is 25.7 Å². The third-order valence-corrected chi connectivity index (χ3v) is 3.64. The molecule has 1 aromatic carbocycles. The Hall–Kier alpha value is -1.02. The van der Waals surface area contributed by atoms with E-state index in [2.05, 4.69) is 48.3 Å². The van der Waals surface area contributed by atoms with Crippen molar-refractivity contribution in [2.45, 2.75) is 45.6 Å². The predicted molar refractivity (Wildman–Crippen MR) is 79.3 cm³/mol. The molecule has 0 unspecified atom stereocenters. The predicted octanol–water partition coefficient (Wildman–Crippen LogP) is 3.22. The Kier molecular flexibility index (Phi) is 5.06. The standard InChI is InChI=1S/C16H26N2/c1-14(2)17-11-6-3-7-12-18-13-10-15-8-4-5-9-16(15)18/h4-5,8-9,14,17H,3,6-7,10-13H2,1-2H3. The second-order valence-corrected chi connectivity index (χ2v) is 5.54. The molecule has 1 aliphatic heterocycles. The molecule has 0 saturated carbocycles. The summed E-state index contributed by atoms with van der Waals surface area (Å²) in [5.41, 5.74) is 3.00. The van der Waals surface area contributed by atoms with Gasteiger partial charge in [-0.15, -0.1) is 0 Å². The van der Waals surface area contributed by atoms with Gasteiger partial charge in [0, 0.05) is 24.8 Å². The van der Waals surface area contributed by atoms with Crippen LogP contribution in [0.3, 0.4) is 0 Å². The number of fused-ring (bicyclic) bond motifs is 1. The normalized spacial score (nSPS) is 14.3. The summed E-state index contributed by atoms with van der Waals surface area (Å²) in [5, 5.41) is 3.48. The highest BCUT2D eigenvalue weighted by molar-refractivity contribution is 5.57. The average molecular weight is 246 g/mol. The lowest BCUT2D eigenvalue weighted by atomic mass is 10.2. The van der Waals surface area contributed by atoms with Crippen molar-refractivity contribution in [3.8, 4) is 0 Å². The Morgan fingerprint density at radius 3 is 2.83 bits per heavy atom. The van der Waals surface area contributed by atoms with Gasteiger partial charge in [0.05, 0.1) is 0 Å². The van der Waals surface area contributed by atoms with E-state index in [1.807, 2.05) is 0 Å². The molecule has 1 aromatic rings. The molecule has 0 aromatic heterocycles. The van der Waals surface area contributed by atoms with Crippen molar-refractivity contribution in [2.75, 3.05) is 24.5 Å². The molecule has 100 valence electrons. The highest BCUT2D eigenvalue weighted by Gasteiger charge is 2.16. The monoisotopic (exact) mass is 246 g/mol. The zero-order chi connectivity index (χ0) is 12.8. The van der Waals surface area contributed by atoms with Crippen LogP contribution in [0.15, 0.2) is 24.3 Å². The van der Waals surface area contributed by atoms with Gasteiger partial charge in [-0.25, -0.2) is 0 Å². The lowest BCUT2D eigenvalue weighted by molar-refractivity contribution is 0.547. The summed E-state index contributed by atoms with van der Waals surface area (Å²) in [4.78, 5) is 2.55. The number of para-hydroxylation sites is 1. The Labute approximate surface area is 111 Å². The third-order valence-electron chi connectivity index (χ3n) is 3.64. The van der Waals surface area contributed by atoms with Crippen LogP contribution in [0.4, 0.5) is 5.69 Å². The van der Waals surface area contributed by atoms with Gasteiger partial charge in [0.2, 0.25) is 0 Å². The third kappa shape index (κ3) is 3.74. The van der Waals surface area contributed by atoms with Crippen LogP contribution in [0.5, 0.6) is 0 Å². The van der Waals surface area contributed by atoms with Crippen molar-refractivity contribution >= 4 is 5.69 Å². The molecule has 2 heteroatoms. The van der Waals surface area contributed by atoms with E-state index < -0.39 is 0 Å². The fourth-order valence-electron chi connectivity index (χ4n) is 2.63. The molecular formula is C16H26N2. The zero-order valence-electron chi connectivity index (χ0n) is 11.8. The van der Waals surface area contributed by atoms with Crippen LogP contribution in [-0.2, 0) is 6.42 Å². The van der Waals surface area contributed by atoms with Crippen molar-refractivity contribution < 1.29 is 0 Å². The molecule has 1 heterocycles. The second kappa shape index (κ2) is 6.79. The van der Waals surface area contributed by atoms with Crippen LogP contribution in [0.25, 0.3) is 0 Å². The highest BCUT2D eigenvalue weighted by Crippen LogP contribution is 2.27. The Morgan fingerprint density at radius 2 is 2.00 bits per heavy atom. The van der Waals surface area contributed by atoms with Crippen molar-refractivity contribution in [1.82, 2.24) is 5.32 Å². The molecule has 0 aliphatic carbocycles. The van der Waals surface area contributed by atoms with Crippen LogP contribution in [0.1, 0.15) is 38.7 Å². The molecule has 0 fully saturated rings. The number of hydrogen-bond donors (Lipinski definition) is 1. The summed E-state index contributed by atoms with van der Waals surface area (Å²) in [5.74, 6) is 0. The Bertz CT molecular complexity index is 360. The number of anilines is 1. The van der Waals surface area contributed by atoms with Gasteiger partial charge in [0.1, 0.15) is 0 Å². The van der Waals surface area contributed by atoms with E-state index in [0.717, 1.165) is 6.54 Å². The summed E-state index contributed by atoms with van der Waals surface area (Å²) in [6.45, 7) is 8.01. The Morgan fingerprint density at radius 1 is 1.17 bits per heavy atom. The lowest BCUT2D eigenvalue weighted by Crippen LogP contribution is -2.24. The van der Waals surface area contributed by atoms with Gasteiger partial charge in [-0.3, -0.25) is 0 Å². The quantitative estimate of drug-likeness (QED) is 0.743. The molecule has 0 spiro atoms. The van der Waals surface area contributed by atoms with E-state index in [1.54, 1.807) is 0 Å². The SMILES string of the molecule is CC(C)NCCCCCN1CCc2ccccc21. The van der Waals surface area contributed by atoms with Gasteiger partial charge in [0.25, 0.3) is 0 Å². The molecule has 0 bridgehead atoms. The molecular weight excluding hydrogens is 220 g/mol. The molecule has 2 rings (SSSR count). The first-order valence-electron chi connectivity index (χ1n) is 7.33. The van der Waals surface area contributed by atoms with E-state index in [-0.39, 0.29) is 0 Å². The maximum atomic E-state index is 3.48. The maximum Gasteiger partial charge on any atom is 0.0399 e. The number of unbranched alkanes of at least 4 members (excludes halogenated alkanes) is 2. The van der Waals surface area contributed by atoms with E-state index >= 15 is 0 Å². The first-order chi connectivity index (χ1) is 8.77. The van der Waals surface area contributed by atoms with Gasteiger partial charge in [-0.05, 0) is 37.4 Å². The summed E-state index contributed by atoms with van der Waals surface area (Å²) >= 11 is 0. The molecule has 2 nitrogen and oxygen atoms in total. The first-order valence-corrected chi connectivity index (χ1v) is 7.33. The fourth-order valence-corrected chi connectivity index (χ4v) is 2.63. The minimum Gasteiger partial charge on any atom is -0.371 e. The van der Waals surface area contributed by atoms with Gasteiger partial charge in [-0.2, -0.15) is 0 Å². The zero-order valence-corrected chi connectivity index (χ0v) is 11.8. The number of hydrogen-bond acceptors (Lipinski definition) is 2. The number of rotatable bonds is 7. The number of benzene rings is 1. The molecule has 18 heavy (non-hydrogen) atoms. The van der Waals surface area contributed by atoms with E-state index in [9.17, 15) is 0 Å². The molecule has 1 aliphatic rings. The van der Waals surface area contributed by atoms with E-state index in [4.69, 9.17) is 0 Å². The Balaban J connectivity index is 1.64. The molecule has 0 radical (unpaired) electrons.